The number of aldehydes is 1. The largest absolute Gasteiger partial charge is 0.362 e. The van der Waals surface area contributed by atoms with Crippen LogP contribution in [0.5, 0.6) is 0 Å². The Morgan fingerprint density at radius 1 is 1.44 bits per heavy atom. The van der Waals surface area contributed by atoms with E-state index in [4.69, 9.17) is 0 Å². The van der Waals surface area contributed by atoms with E-state index in [1.54, 1.807) is 12.1 Å². The van der Waals surface area contributed by atoms with Gasteiger partial charge in [-0.25, -0.2) is 0 Å². The van der Waals surface area contributed by atoms with Gasteiger partial charge < -0.3 is 4.90 Å². The maximum Gasteiger partial charge on any atom is 0.293 e. The van der Waals surface area contributed by atoms with Crippen LogP contribution in [0.1, 0.15) is 23.7 Å². The summed E-state index contributed by atoms with van der Waals surface area (Å²) in [4.78, 5) is 23.2. The average Bonchev–Trinajstić information content (AvgIpc) is 2.39. The van der Waals surface area contributed by atoms with Crippen LogP contribution in [0.4, 0.5) is 11.4 Å². The number of benzene rings is 1. The summed E-state index contributed by atoms with van der Waals surface area (Å²) >= 11 is 0. The number of carbonyl (C=O) groups excluding carboxylic acids is 1. The third-order valence-electron chi connectivity index (χ3n) is 3.11. The van der Waals surface area contributed by atoms with Gasteiger partial charge in [0.1, 0.15) is 12.0 Å². The summed E-state index contributed by atoms with van der Waals surface area (Å²) in [6, 6.07) is 4.59. The van der Waals surface area contributed by atoms with E-state index in [-0.39, 0.29) is 5.69 Å². The van der Waals surface area contributed by atoms with Crippen molar-refractivity contribution in [2.75, 3.05) is 18.0 Å². The maximum atomic E-state index is 11.0. The van der Waals surface area contributed by atoms with E-state index in [1.165, 1.54) is 11.6 Å². The molecule has 1 aromatic rings. The Hall–Kier alpha value is -2.17. The summed E-state index contributed by atoms with van der Waals surface area (Å²) in [6.45, 7) is 3.50. The Labute approximate surface area is 105 Å². The molecule has 0 N–H and O–H groups in total. The molecule has 1 aliphatic rings. The third-order valence-corrected chi connectivity index (χ3v) is 3.11. The molecule has 0 spiro atoms. The first-order valence-electron chi connectivity index (χ1n) is 5.76. The summed E-state index contributed by atoms with van der Waals surface area (Å²) < 4.78 is 0. The van der Waals surface area contributed by atoms with Gasteiger partial charge in [-0.2, -0.15) is 0 Å². The van der Waals surface area contributed by atoms with Crippen molar-refractivity contribution in [1.82, 2.24) is 0 Å². The Kier molecular flexibility index (Phi) is 3.41. The monoisotopic (exact) mass is 246 g/mol. The summed E-state index contributed by atoms with van der Waals surface area (Å²) in [5.41, 5.74) is 2.20. The van der Waals surface area contributed by atoms with E-state index < -0.39 is 4.92 Å². The van der Waals surface area contributed by atoms with Gasteiger partial charge in [0.15, 0.2) is 0 Å². The van der Waals surface area contributed by atoms with Gasteiger partial charge in [-0.05, 0) is 25.5 Å². The van der Waals surface area contributed by atoms with Gasteiger partial charge in [0.05, 0.1) is 4.92 Å². The van der Waals surface area contributed by atoms with Gasteiger partial charge in [0, 0.05) is 24.7 Å². The smallest absolute Gasteiger partial charge is 0.293 e. The number of hydrogen-bond donors (Lipinski definition) is 0. The molecule has 0 unspecified atom stereocenters. The second kappa shape index (κ2) is 5.00. The van der Waals surface area contributed by atoms with E-state index in [0.717, 1.165) is 13.0 Å². The van der Waals surface area contributed by atoms with Crippen molar-refractivity contribution in [3.63, 3.8) is 0 Å². The highest BCUT2D eigenvalue weighted by atomic mass is 16.6. The molecular weight excluding hydrogens is 232 g/mol. The lowest BCUT2D eigenvalue weighted by Crippen LogP contribution is -2.28. The Morgan fingerprint density at radius 2 is 2.22 bits per heavy atom. The van der Waals surface area contributed by atoms with Gasteiger partial charge in [0.25, 0.3) is 5.69 Å². The van der Waals surface area contributed by atoms with Crippen molar-refractivity contribution in [1.29, 1.82) is 0 Å². The fourth-order valence-corrected chi connectivity index (χ4v) is 2.02. The van der Waals surface area contributed by atoms with Crippen LogP contribution in [0.25, 0.3) is 0 Å². The van der Waals surface area contributed by atoms with Gasteiger partial charge in [0.2, 0.25) is 0 Å². The van der Waals surface area contributed by atoms with Crippen LogP contribution in [0.15, 0.2) is 29.8 Å². The van der Waals surface area contributed by atoms with Crippen LogP contribution in [-0.4, -0.2) is 24.3 Å². The Morgan fingerprint density at radius 3 is 2.78 bits per heavy atom. The first-order valence-corrected chi connectivity index (χ1v) is 5.76. The Bertz CT molecular complexity index is 523. The Balaban J connectivity index is 2.38. The lowest BCUT2D eigenvalue weighted by atomic mass is 10.1. The molecule has 0 radical (unpaired) electrons. The lowest BCUT2D eigenvalue weighted by molar-refractivity contribution is -0.384. The summed E-state index contributed by atoms with van der Waals surface area (Å²) in [7, 11) is 0. The number of anilines is 1. The van der Waals surface area contributed by atoms with Gasteiger partial charge in [-0.1, -0.05) is 11.6 Å². The number of carbonyl (C=O) groups is 1. The topological polar surface area (TPSA) is 63.5 Å². The zero-order valence-electron chi connectivity index (χ0n) is 10.1. The molecule has 0 saturated carbocycles. The highest BCUT2D eigenvalue weighted by Crippen LogP contribution is 2.30. The molecule has 0 saturated heterocycles. The number of nitro benzene ring substituents is 1. The molecule has 18 heavy (non-hydrogen) atoms. The zero-order valence-corrected chi connectivity index (χ0v) is 10.1. The number of hydrogen-bond acceptors (Lipinski definition) is 4. The molecule has 2 rings (SSSR count). The molecule has 94 valence electrons. The fraction of sp³-hybridized carbons (Fsp3) is 0.308. The van der Waals surface area contributed by atoms with Crippen LogP contribution in [0.3, 0.4) is 0 Å². The number of nitro groups is 1. The van der Waals surface area contributed by atoms with Crippen molar-refractivity contribution in [2.24, 2.45) is 0 Å². The van der Waals surface area contributed by atoms with Crippen molar-refractivity contribution in [2.45, 2.75) is 13.3 Å². The van der Waals surface area contributed by atoms with Crippen LogP contribution in [-0.2, 0) is 0 Å². The first-order chi connectivity index (χ1) is 8.61. The third kappa shape index (κ3) is 2.40. The van der Waals surface area contributed by atoms with Gasteiger partial charge in [-0.3, -0.25) is 14.9 Å². The van der Waals surface area contributed by atoms with Crippen LogP contribution >= 0.6 is 0 Å². The quantitative estimate of drug-likeness (QED) is 0.356. The molecule has 5 nitrogen and oxygen atoms in total. The molecule has 1 heterocycles. The molecular formula is C13H14N2O3. The van der Waals surface area contributed by atoms with Crippen molar-refractivity contribution in [3.8, 4) is 0 Å². The second-order valence-corrected chi connectivity index (χ2v) is 4.37. The summed E-state index contributed by atoms with van der Waals surface area (Å²) in [5.74, 6) is 0. The van der Waals surface area contributed by atoms with Crippen molar-refractivity contribution >= 4 is 17.7 Å². The van der Waals surface area contributed by atoms with Crippen LogP contribution in [0.2, 0.25) is 0 Å². The van der Waals surface area contributed by atoms with E-state index in [2.05, 4.69) is 13.0 Å². The van der Waals surface area contributed by atoms with Crippen molar-refractivity contribution in [3.05, 3.63) is 45.5 Å². The highest BCUT2D eigenvalue weighted by molar-refractivity contribution is 5.79. The molecule has 1 aromatic carbocycles. The summed E-state index contributed by atoms with van der Waals surface area (Å²) in [6.07, 6.45) is 3.60. The molecule has 1 aliphatic heterocycles. The second-order valence-electron chi connectivity index (χ2n) is 4.37. The van der Waals surface area contributed by atoms with Crippen molar-refractivity contribution < 1.29 is 9.72 Å². The molecule has 0 atom stereocenters. The summed E-state index contributed by atoms with van der Waals surface area (Å²) in [5, 5.41) is 11.0. The van der Waals surface area contributed by atoms with Gasteiger partial charge >= 0.3 is 0 Å². The van der Waals surface area contributed by atoms with E-state index in [1.807, 2.05) is 4.90 Å². The fourth-order valence-electron chi connectivity index (χ4n) is 2.02. The predicted octanol–water partition coefficient (Wildman–Crippen LogP) is 2.56. The average molecular weight is 246 g/mol. The molecule has 0 aromatic heterocycles. The van der Waals surface area contributed by atoms with Crippen LogP contribution in [0, 0.1) is 10.1 Å². The minimum Gasteiger partial charge on any atom is -0.362 e. The molecule has 0 bridgehead atoms. The molecule has 0 aliphatic carbocycles. The normalized spacial score (nSPS) is 15.2. The zero-order chi connectivity index (χ0) is 13.1. The predicted molar refractivity (Wildman–Crippen MR) is 69.1 cm³/mol. The highest BCUT2D eigenvalue weighted by Gasteiger charge is 2.20. The van der Waals surface area contributed by atoms with Crippen LogP contribution < -0.4 is 4.90 Å². The minimum absolute atomic E-state index is 0.00690. The van der Waals surface area contributed by atoms with E-state index >= 15 is 0 Å². The minimum atomic E-state index is -0.437. The molecule has 5 heteroatoms. The first kappa shape index (κ1) is 12.3. The lowest BCUT2D eigenvalue weighted by Gasteiger charge is -2.27. The van der Waals surface area contributed by atoms with Gasteiger partial charge in [-0.15, -0.1) is 0 Å². The number of nitrogens with zero attached hydrogens (tertiary/aromatic N) is 2. The SMILES string of the molecule is CC1=CCN(c2ccc(C=O)cc2[N+](=O)[O-])CC1. The maximum absolute atomic E-state index is 11.0. The standard InChI is InChI=1S/C13H14N2O3/c1-10-4-6-14(7-5-10)12-3-2-11(9-16)8-13(12)15(17)18/h2-4,8-9H,5-7H2,1H3. The number of rotatable bonds is 3. The molecule has 0 fully saturated rings. The van der Waals surface area contributed by atoms with E-state index in [0.29, 0.717) is 24.1 Å². The van der Waals surface area contributed by atoms with E-state index in [9.17, 15) is 14.9 Å². The molecule has 0 amide bonds.